The van der Waals surface area contributed by atoms with Crippen LogP contribution in [0.2, 0.25) is 0 Å². The molecule has 17 heavy (non-hydrogen) atoms. The van der Waals surface area contributed by atoms with Gasteiger partial charge in [0.05, 0.1) is 17.6 Å². The molecule has 1 aromatic carbocycles. The molecule has 1 fully saturated rings. The van der Waals surface area contributed by atoms with E-state index in [1.165, 1.54) is 12.1 Å². The number of aromatic hydroxyl groups is 1. The first kappa shape index (κ1) is 11.7. The SMILES string of the molecule is O=[N+]([O-])c1ccc(N2CCC[C@H]2CO)cc1O. The molecule has 1 aromatic rings. The molecule has 1 aliphatic rings. The Labute approximate surface area is 98.3 Å². The molecule has 1 heterocycles. The summed E-state index contributed by atoms with van der Waals surface area (Å²) < 4.78 is 0. The van der Waals surface area contributed by atoms with Gasteiger partial charge in [0, 0.05) is 24.4 Å². The standard InChI is InChI=1S/C11H14N2O4/c14-7-9-2-1-5-12(9)8-3-4-10(13(16)17)11(15)6-8/h3-4,6,9,14-15H,1-2,5,7H2/t9-/m0/s1. The van der Waals surface area contributed by atoms with Gasteiger partial charge in [-0.15, -0.1) is 0 Å². The minimum Gasteiger partial charge on any atom is -0.502 e. The lowest BCUT2D eigenvalue weighted by Gasteiger charge is -2.25. The summed E-state index contributed by atoms with van der Waals surface area (Å²) in [5.41, 5.74) is 0.415. The maximum atomic E-state index is 10.6. The van der Waals surface area contributed by atoms with Crippen molar-refractivity contribution < 1.29 is 15.1 Å². The van der Waals surface area contributed by atoms with Crippen LogP contribution in [0.25, 0.3) is 0 Å². The zero-order valence-corrected chi connectivity index (χ0v) is 9.24. The van der Waals surface area contributed by atoms with Gasteiger partial charge in [-0.1, -0.05) is 0 Å². The number of benzene rings is 1. The predicted octanol–water partition coefficient (Wildman–Crippen LogP) is 1.26. The van der Waals surface area contributed by atoms with Crippen LogP contribution >= 0.6 is 0 Å². The molecule has 0 radical (unpaired) electrons. The molecule has 0 amide bonds. The minimum atomic E-state index is -0.618. The molecular weight excluding hydrogens is 224 g/mol. The number of nitrogens with zero attached hydrogens (tertiary/aromatic N) is 2. The zero-order valence-electron chi connectivity index (χ0n) is 9.24. The number of aliphatic hydroxyl groups excluding tert-OH is 1. The van der Waals surface area contributed by atoms with E-state index in [1.807, 2.05) is 4.90 Å². The van der Waals surface area contributed by atoms with Crippen molar-refractivity contribution in [1.29, 1.82) is 0 Å². The van der Waals surface area contributed by atoms with Gasteiger partial charge in [0.1, 0.15) is 0 Å². The van der Waals surface area contributed by atoms with Crippen molar-refractivity contribution in [2.24, 2.45) is 0 Å². The molecule has 1 aliphatic heterocycles. The van der Waals surface area contributed by atoms with Crippen LogP contribution in [-0.2, 0) is 0 Å². The lowest BCUT2D eigenvalue weighted by Crippen LogP contribution is -2.31. The van der Waals surface area contributed by atoms with Crippen molar-refractivity contribution in [1.82, 2.24) is 0 Å². The normalized spacial score (nSPS) is 19.6. The first-order chi connectivity index (χ1) is 8.13. The molecule has 0 aromatic heterocycles. The number of nitro groups is 1. The summed E-state index contributed by atoms with van der Waals surface area (Å²) in [7, 11) is 0. The number of phenolic OH excluding ortho intramolecular Hbond substituents is 1. The Morgan fingerprint density at radius 1 is 1.53 bits per heavy atom. The molecule has 1 atom stereocenters. The number of anilines is 1. The number of nitro benzene ring substituents is 1. The molecule has 1 saturated heterocycles. The summed E-state index contributed by atoms with van der Waals surface area (Å²) >= 11 is 0. The molecular formula is C11H14N2O4. The highest BCUT2D eigenvalue weighted by Crippen LogP contribution is 2.33. The van der Waals surface area contributed by atoms with Crippen molar-refractivity contribution in [3.05, 3.63) is 28.3 Å². The highest BCUT2D eigenvalue weighted by atomic mass is 16.6. The Morgan fingerprint density at radius 2 is 2.29 bits per heavy atom. The van der Waals surface area contributed by atoms with Crippen LogP contribution in [0.15, 0.2) is 18.2 Å². The molecule has 0 saturated carbocycles. The Balaban J connectivity index is 2.28. The van der Waals surface area contributed by atoms with Crippen LogP contribution in [0.1, 0.15) is 12.8 Å². The van der Waals surface area contributed by atoms with Gasteiger partial charge in [-0.2, -0.15) is 0 Å². The van der Waals surface area contributed by atoms with Gasteiger partial charge >= 0.3 is 5.69 Å². The lowest BCUT2D eigenvalue weighted by atomic mass is 10.2. The van der Waals surface area contributed by atoms with Crippen LogP contribution in [0, 0.1) is 10.1 Å². The summed E-state index contributed by atoms with van der Waals surface area (Å²) in [5.74, 6) is -0.337. The third-order valence-corrected chi connectivity index (χ3v) is 3.08. The van der Waals surface area contributed by atoms with E-state index in [9.17, 15) is 20.3 Å². The highest BCUT2D eigenvalue weighted by molar-refractivity contribution is 5.59. The lowest BCUT2D eigenvalue weighted by molar-refractivity contribution is -0.385. The van der Waals surface area contributed by atoms with Crippen molar-refractivity contribution >= 4 is 11.4 Å². The summed E-state index contributed by atoms with van der Waals surface area (Å²) in [5, 5.41) is 29.3. The van der Waals surface area contributed by atoms with Crippen LogP contribution in [0.4, 0.5) is 11.4 Å². The van der Waals surface area contributed by atoms with Gasteiger partial charge in [0.15, 0.2) is 5.75 Å². The van der Waals surface area contributed by atoms with E-state index < -0.39 is 4.92 Å². The van der Waals surface area contributed by atoms with E-state index in [4.69, 9.17) is 0 Å². The van der Waals surface area contributed by atoms with Crippen molar-refractivity contribution in [3.8, 4) is 5.75 Å². The second-order valence-electron chi connectivity index (χ2n) is 4.10. The first-order valence-corrected chi connectivity index (χ1v) is 5.48. The number of hydrogen-bond acceptors (Lipinski definition) is 5. The molecule has 6 nitrogen and oxygen atoms in total. The number of phenols is 1. The molecule has 92 valence electrons. The van der Waals surface area contributed by atoms with Gasteiger partial charge in [-0.3, -0.25) is 10.1 Å². The van der Waals surface area contributed by atoms with Gasteiger partial charge in [0.2, 0.25) is 0 Å². The van der Waals surface area contributed by atoms with Crippen LogP contribution < -0.4 is 4.90 Å². The average Bonchev–Trinajstić information content (AvgIpc) is 2.76. The molecule has 0 bridgehead atoms. The molecule has 0 aliphatic carbocycles. The minimum absolute atomic E-state index is 0.0378. The fourth-order valence-corrected chi connectivity index (χ4v) is 2.21. The molecule has 2 N–H and O–H groups in total. The Kier molecular flexibility index (Phi) is 3.14. The second kappa shape index (κ2) is 4.58. The number of hydrogen-bond donors (Lipinski definition) is 2. The second-order valence-corrected chi connectivity index (χ2v) is 4.10. The fraction of sp³-hybridized carbons (Fsp3) is 0.455. The van der Waals surface area contributed by atoms with Crippen molar-refractivity contribution in [2.45, 2.75) is 18.9 Å². The summed E-state index contributed by atoms with van der Waals surface area (Å²) in [6, 6.07) is 4.31. The van der Waals surface area contributed by atoms with E-state index in [-0.39, 0.29) is 24.1 Å². The highest BCUT2D eigenvalue weighted by Gasteiger charge is 2.25. The third-order valence-electron chi connectivity index (χ3n) is 3.08. The Hall–Kier alpha value is -1.82. The van der Waals surface area contributed by atoms with Gasteiger partial charge in [-0.25, -0.2) is 0 Å². The maximum absolute atomic E-state index is 10.6. The average molecular weight is 238 g/mol. The maximum Gasteiger partial charge on any atom is 0.310 e. The molecule has 0 spiro atoms. The van der Waals surface area contributed by atoms with E-state index in [0.717, 1.165) is 19.4 Å². The largest absolute Gasteiger partial charge is 0.502 e. The van der Waals surface area contributed by atoms with E-state index in [0.29, 0.717) is 5.69 Å². The molecule has 2 rings (SSSR count). The fourth-order valence-electron chi connectivity index (χ4n) is 2.21. The van der Waals surface area contributed by atoms with E-state index >= 15 is 0 Å². The summed E-state index contributed by atoms with van der Waals surface area (Å²) in [6.07, 6.45) is 1.87. The van der Waals surface area contributed by atoms with Crippen LogP contribution in [0.5, 0.6) is 5.75 Å². The summed E-state index contributed by atoms with van der Waals surface area (Å²) in [6.45, 7) is 0.847. The number of rotatable bonds is 3. The number of aliphatic hydroxyl groups is 1. The molecule has 0 unspecified atom stereocenters. The zero-order chi connectivity index (χ0) is 12.4. The van der Waals surface area contributed by atoms with Gasteiger partial charge in [0.25, 0.3) is 0 Å². The van der Waals surface area contributed by atoms with Gasteiger partial charge in [-0.05, 0) is 18.9 Å². The van der Waals surface area contributed by atoms with E-state index in [1.54, 1.807) is 6.07 Å². The van der Waals surface area contributed by atoms with Crippen molar-refractivity contribution in [3.63, 3.8) is 0 Å². The Bertz CT molecular complexity index is 435. The Morgan fingerprint density at radius 3 is 2.88 bits per heavy atom. The predicted molar refractivity (Wildman–Crippen MR) is 62.2 cm³/mol. The van der Waals surface area contributed by atoms with Crippen LogP contribution in [0.3, 0.4) is 0 Å². The first-order valence-electron chi connectivity index (χ1n) is 5.48. The molecule has 6 heteroatoms. The van der Waals surface area contributed by atoms with Crippen molar-refractivity contribution in [2.75, 3.05) is 18.1 Å². The topological polar surface area (TPSA) is 86.8 Å². The van der Waals surface area contributed by atoms with E-state index in [2.05, 4.69) is 0 Å². The van der Waals surface area contributed by atoms with Crippen LogP contribution in [-0.4, -0.2) is 34.3 Å². The quantitative estimate of drug-likeness (QED) is 0.611. The third kappa shape index (κ3) is 2.16. The van der Waals surface area contributed by atoms with Gasteiger partial charge < -0.3 is 15.1 Å². The monoisotopic (exact) mass is 238 g/mol. The summed E-state index contributed by atoms with van der Waals surface area (Å²) in [4.78, 5) is 11.9. The smallest absolute Gasteiger partial charge is 0.310 e.